The summed E-state index contributed by atoms with van der Waals surface area (Å²) in [5.74, 6) is -1.14. The van der Waals surface area contributed by atoms with Crippen LogP contribution in [0, 0.1) is 17.6 Å². The highest BCUT2D eigenvalue weighted by molar-refractivity contribution is 5.80. The van der Waals surface area contributed by atoms with E-state index in [1.807, 2.05) is 6.92 Å². The summed E-state index contributed by atoms with van der Waals surface area (Å²) in [6.45, 7) is 3.93. The largest absolute Gasteiger partial charge is 0.469 e. The molecule has 138 valence electrons. The SMILES string of the molecule is CN=C(NCC(C)c1ccc(F)c(F)c1)N1CCC(C(=O)OC)CC1. The molecule has 1 aromatic rings. The number of hydrogen-bond donors (Lipinski definition) is 1. The van der Waals surface area contributed by atoms with E-state index in [0.717, 1.165) is 43.5 Å². The Morgan fingerprint density at radius 1 is 1.36 bits per heavy atom. The normalized spacial score (nSPS) is 17.3. The minimum atomic E-state index is -0.840. The molecule has 1 fully saturated rings. The van der Waals surface area contributed by atoms with E-state index < -0.39 is 11.6 Å². The molecule has 25 heavy (non-hydrogen) atoms. The van der Waals surface area contributed by atoms with Crippen LogP contribution < -0.4 is 5.32 Å². The average Bonchev–Trinajstić information content (AvgIpc) is 2.64. The van der Waals surface area contributed by atoms with Gasteiger partial charge in [-0.2, -0.15) is 0 Å². The van der Waals surface area contributed by atoms with Gasteiger partial charge in [-0.1, -0.05) is 13.0 Å². The van der Waals surface area contributed by atoms with Gasteiger partial charge in [0, 0.05) is 26.7 Å². The number of nitrogens with one attached hydrogen (secondary N) is 1. The lowest BCUT2D eigenvalue weighted by Gasteiger charge is -2.33. The molecule has 1 aliphatic heterocycles. The first kappa shape index (κ1) is 19.1. The maximum absolute atomic E-state index is 13.4. The second-order valence-electron chi connectivity index (χ2n) is 6.29. The molecule has 0 aliphatic carbocycles. The van der Waals surface area contributed by atoms with Crippen molar-refractivity contribution in [2.75, 3.05) is 33.8 Å². The molecule has 1 saturated heterocycles. The molecule has 0 radical (unpaired) electrons. The second-order valence-corrected chi connectivity index (χ2v) is 6.29. The monoisotopic (exact) mass is 353 g/mol. The minimum Gasteiger partial charge on any atom is -0.469 e. The van der Waals surface area contributed by atoms with E-state index in [4.69, 9.17) is 4.74 Å². The molecular weight excluding hydrogens is 328 g/mol. The Balaban J connectivity index is 1.88. The highest BCUT2D eigenvalue weighted by Gasteiger charge is 2.27. The van der Waals surface area contributed by atoms with Crippen LogP contribution >= 0.6 is 0 Å². The topological polar surface area (TPSA) is 53.9 Å². The molecule has 1 N–H and O–H groups in total. The molecule has 1 heterocycles. The van der Waals surface area contributed by atoms with Crippen molar-refractivity contribution < 1.29 is 18.3 Å². The Morgan fingerprint density at radius 3 is 2.60 bits per heavy atom. The van der Waals surface area contributed by atoms with E-state index in [0.29, 0.717) is 6.54 Å². The van der Waals surface area contributed by atoms with Gasteiger partial charge in [-0.3, -0.25) is 9.79 Å². The van der Waals surface area contributed by atoms with Crippen LogP contribution in [0.15, 0.2) is 23.2 Å². The average molecular weight is 353 g/mol. The molecule has 7 heteroatoms. The number of halogens is 2. The second kappa shape index (κ2) is 8.78. The number of benzene rings is 1. The van der Waals surface area contributed by atoms with Crippen molar-refractivity contribution in [2.45, 2.75) is 25.7 Å². The Bertz CT molecular complexity index is 629. The van der Waals surface area contributed by atoms with Gasteiger partial charge in [0.25, 0.3) is 0 Å². The van der Waals surface area contributed by atoms with E-state index in [-0.39, 0.29) is 17.8 Å². The highest BCUT2D eigenvalue weighted by Crippen LogP contribution is 2.20. The number of guanidine groups is 1. The minimum absolute atomic E-state index is 0.000502. The summed E-state index contributed by atoms with van der Waals surface area (Å²) in [6.07, 6.45) is 1.46. The van der Waals surface area contributed by atoms with Gasteiger partial charge in [-0.25, -0.2) is 8.78 Å². The van der Waals surface area contributed by atoms with Gasteiger partial charge in [0.05, 0.1) is 13.0 Å². The lowest BCUT2D eigenvalue weighted by Crippen LogP contribution is -2.47. The molecule has 1 aliphatic rings. The third-order valence-corrected chi connectivity index (χ3v) is 4.62. The summed E-state index contributed by atoms with van der Waals surface area (Å²) in [5, 5.41) is 3.27. The summed E-state index contributed by atoms with van der Waals surface area (Å²) in [4.78, 5) is 18.0. The number of hydrogen-bond acceptors (Lipinski definition) is 3. The fourth-order valence-corrected chi connectivity index (χ4v) is 3.01. The van der Waals surface area contributed by atoms with Crippen LogP contribution in [-0.4, -0.2) is 50.6 Å². The third kappa shape index (κ3) is 4.90. The Hall–Kier alpha value is -2.18. The predicted octanol–water partition coefficient (Wildman–Crippen LogP) is 2.53. The van der Waals surface area contributed by atoms with Crippen LogP contribution in [-0.2, 0) is 9.53 Å². The fourth-order valence-electron chi connectivity index (χ4n) is 3.01. The molecule has 0 aromatic heterocycles. The van der Waals surface area contributed by atoms with E-state index in [1.54, 1.807) is 13.1 Å². The van der Waals surface area contributed by atoms with Gasteiger partial charge < -0.3 is 15.0 Å². The summed E-state index contributed by atoms with van der Waals surface area (Å²) < 4.78 is 31.2. The van der Waals surface area contributed by atoms with Crippen LogP contribution in [0.2, 0.25) is 0 Å². The van der Waals surface area contributed by atoms with Crippen molar-refractivity contribution >= 4 is 11.9 Å². The zero-order chi connectivity index (χ0) is 18.4. The molecule has 0 amide bonds. The van der Waals surface area contributed by atoms with E-state index >= 15 is 0 Å². The lowest BCUT2D eigenvalue weighted by atomic mass is 9.97. The van der Waals surface area contributed by atoms with Gasteiger partial charge >= 0.3 is 5.97 Å². The Morgan fingerprint density at radius 2 is 2.04 bits per heavy atom. The molecule has 1 aromatic carbocycles. The van der Waals surface area contributed by atoms with E-state index in [1.165, 1.54) is 13.2 Å². The van der Waals surface area contributed by atoms with Gasteiger partial charge in [0.2, 0.25) is 0 Å². The molecular formula is C18H25F2N3O2. The molecule has 1 atom stereocenters. The molecule has 0 bridgehead atoms. The van der Waals surface area contributed by atoms with Gasteiger partial charge in [0.1, 0.15) is 0 Å². The smallest absolute Gasteiger partial charge is 0.308 e. The predicted molar refractivity (Wildman–Crippen MR) is 92.4 cm³/mol. The van der Waals surface area contributed by atoms with Crippen LogP contribution in [0.4, 0.5) is 8.78 Å². The third-order valence-electron chi connectivity index (χ3n) is 4.62. The van der Waals surface area contributed by atoms with E-state index in [9.17, 15) is 13.6 Å². The number of carbonyl (C=O) groups excluding carboxylic acids is 1. The number of likely N-dealkylation sites (tertiary alicyclic amines) is 1. The van der Waals surface area contributed by atoms with Crippen LogP contribution in [0.5, 0.6) is 0 Å². The molecule has 0 saturated carbocycles. The molecule has 2 rings (SSSR count). The first-order valence-electron chi connectivity index (χ1n) is 8.44. The van der Waals surface area contributed by atoms with Crippen molar-refractivity contribution in [3.8, 4) is 0 Å². The first-order valence-corrected chi connectivity index (χ1v) is 8.44. The number of carbonyl (C=O) groups is 1. The van der Waals surface area contributed by atoms with Crippen molar-refractivity contribution in [2.24, 2.45) is 10.9 Å². The first-order chi connectivity index (χ1) is 12.0. The van der Waals surface area contributed by atoms with E-state index in [2.05, 4.69) is 15.2 Å². The molecule has 1 unspecified atom stereocenters. The van der Waals surface area contributed by atoms with Crippen molar-refractivity contribution in [3.63, 3.8) is 0 Å². The van der Waals surface area contributed by atoms with Gasteiger partial charge in [0.15, 0.2) is 17.6 Å². The lowest BCUT2D eigenvalue weighted by molar-refractivity contribution is -0.146. The number of ether oxygens (including phenoxy) is 1. The zero-order valence-electron chi connectivity index (χ0n) is 14.9. The standard InChI is InChI=1S/C18H25F2N3O2/c1-12(14-4-5-15(19)16(20)10-14)11-22-18(21-2)23-8-6-13(7-9-23)17(24)25-3/h4-5,10,12-13H,6-9,11H2,1-3H3,(H,21,22). The highest BCUT2D eigenvalue weighted by atomic mass is 19.2. The Kier molecular flexibility index (Phi) is 6.73. The Labute approximate surface area is 147 Å². The van der Waals surface area contributed by atoms with Crippen LogP contribution in [0.3, 0.4) is 0 Å². The number of esters is 1. The quantitative estimate of drug-likeness (QED) is 0.513. The summed E-state index contributed by atoms with van der Waals surface area (Å²) >= 11 is 0. The van der Waals surface area contributed by atoms with Crippen LogP contribution in [0.1, 0.15) is 31.2 Å². The summed E-state index contributed by atoms with van der Waals surface area (Å²) in [6, 6.07) is 3.97. The molecule has 0 spiro atoms. The maximum atomic E-state index is 13.4. The zero-order valence-corrected chi connectivity index (χ0v) is 14.9. The number of aliphatic imine (C=N–C) groups is 1. The summed E-state index contributed by atoms with van der Waals surface area (Å²) in [5.41, 5.74) is 0.728. The van der Waals surface area contributed by atoms with Gasteiger partial charge in [-0.05, 0) is 36.5 Å². The number of piperidine rings is 1. The summed E-state index contributed by atoms with van der Waals surface area (Å²) in [7, 11) is 3.12. The maximum Gasteiger partial charge on any atom is 0.308 e. The van der Waals surface area contributed by atoms with Crippen LogP contribution in [0.25, 0.3) is 0 Å². The van der Waals surface area contributed by atoms with Crippen molar-refractivity contribution in [1.82, 2.24) is 10.2 Å². The molecule has 5 nitrogen and oxygen atoms in total. The van der Waals surface area contributed by atoms with Gasteiger partial charge in [-0.15, -0.1) is 0 Å². The number of methoxy groups -OCH3 is 1. The number of nitrogens with zero attached hydrogens (tertiary/aromatic N) is 2. The van der Waals surface area contributed by atoms with Crippen molar-refractivity contribution in [3.05, 3.63) is 35.4 Å². The van der Waals surface area contributed by atoms with Crippen molar-refractivity contribution in [1.29, 1.82) is 0 Å². The number of rotatable bonds is 4. The fraction of sp³-hybridized carbons (Fsp3) is 0.556.